The summed E-state index contributed by atoms with van der Waals surface area (Å²) in [6.45, 7) is 7.18. The molecule has 1 aromatic heterocycles. The van der Waals surface area contributed by atoms with E-state index in [1.165, 1.54) is 58.2 Å². The number of rotatable bonds is 8. The first kappa shape index (κ1) is 37.6. The molecule has 0 radical (unpaired) electrons. The lowest BCUT2D eigenvalue weighted by molar-refractivity contribution is -0.343. The van der Waals surface area contributed by atoms with Crippen molar-refractivity contribution >= 4 is 23.8 Å². The van der Waals surface area contributed by atoms with Crippen LogP contribution in [-0.4, -0.2) is 110 Å². The lowest BCUT2D eigenvalue weighted by Gasteiger charge is -2.66. The number of hydrogen-bond donors (Lipinski definition) is 6. The molecule has 1 saturated heterocycles. The van der Waals surface area contributed by atoms with Crippen molar-refractivity contribution in [2.75, 3.05) is 13.2 Å². The number of nitrogens with one attached hydrogen (secondary N) is 1. The number of ketones is 1. The molecule has 2 saturated carbocycles. The van der Waals surface area contributed by atoms with Gasteiger partial charge in [-0.15, -0.1) is 0 Å². The second-order valence-electron chi connectivity index (χ2n) is 14.8. The van der Waals surface area contributed by atoms with Gasteiger partial charge in [-0.25, -0.2) is 14.4 Å². The molecular formula is C37H45NO14. The van der Waals surface area contributed by atoms with Gasteiger partial charge in [0.25, 0.3) is 0 Å². The largest absolute Gasteiger partial charge is 0.467 e. The summed E-state index contributed by atoms with van der Waals surface area (Å²) in [4.78, 5) is 54.5. The third-order valence-electron chi connectivity index (χ3n) is 11.8. The first-order valence-electron chi connectivity index (χ1n) is 17.2. The highest BCUT2D eigenvalue weighted by Gasteiger charge is 2.76. The molecule has 0 spiro atoms. The molecule has 3 aliphatic carbocycles. The molecule has 2 aromatic rings. The number of alkyl carbamates (subject to hydrolysis) is 1. The van der Waals surface area contributed by atoms with E-state index in [2.05, 4.69) is 5.32 Å². The fourth-order valence-corrected chi connectivity index (χ4v) is 8.80. The van der Waals surface area contributed by atoms with E-state index in [1.807, 2.05) is 0 Å². The van der Waals surface area contributed by atoms with Crippen molar-refractivity contribution in [2.45, 2.75) is 101 Å². The Labute approximate surface area is 299 Å². The molecule has 2 heterocycles. The van der Waals surface area contributed by atoms with Crippen LogP contribution in [0.2, 0.25) is 0 Å². The molecule has 1 aliphatic heterocycles. The number of aliphatic hydroxyl groups is 5. The topological polar surface area (TPSA) is 232 Å². The average molecular weight is 728 g/mol. The van der Waals surface area contributed by atoms with E-state index in [1.54, 1.807) is 25.1 Å². The van der Waals surface area contributed by atoms with Gasteiger partial charge in [-0.3, -0.25) is 4.79 Å². The first-order chi connectivity index (χ1) is 24.4. The molecule has 11 atom stereocenters. The van der Waals surface area contributed by atoms with Crippen molar-refractivity contribution < 1.29 is 68.1 Å². The van der Waals surface area contributed by atoms with E-state index in [9.17, 15) is 44.7 Å². The van der Waals surface area contributed by atoms with Crippen LogP contribution in [0, 0.1) is 16.7 Å². The van der Waals surface area contributed by atoms with Gasteiger partial charge in [0, 0.05) is 24.2 Å². The number of fused-ring (bicyclic) bond motifs is 5. The van der Waals surface area contributed by atoms with Gasteiger partial charge in [0.2, 0.25) is 0 Å². The first-order valence-corrected chi connectivity index (χ1v) is 17.2. The molecule has 1 aromatic carbocycles. The van der Waals surface area contributed by atoms with Gasteiger partial charge < -0.3 is 54.2 Å². The van der Waals surface area contributed by atoms with Crippen molar-refractivity contribution in [1.29, 1.82) is 0 Å². The summed E-state index contributed by atoms with van der Waals surface area (Å²) in [5.74, 6) is -4.62. The number of carbonyl (C=O) groups excluding carboxylic acids is 4. The van der Waals surface area contributed by atoms with Crippen LogP contribution in [0.4, 0.5) is 4.79 Å². The molecule has 6 rings (SSSR count). The number of aliphatic hydroxyl groups excluding tert-OH is 3. The second kappa shape index (κ2) is 13.4. The SMILES string of the molecule is CCOC(=O)N[C@@H](c1ccco1)[C@@H](O)C(=O)O[C@H]1C[C@@]2(O)[C@@H](OC(=O)c3ccccc3)[C@@H]3[C@]4(O)CO[C@@H]4C[C@H](O)[C@@]3(C)C(=O)[C@H](O)C(=C1C)C2(C)C. The fraction of sp³-hybridized carbons (Fsp3) is 0.568. The number of esters is 2. The minimum absolute atomic E-state index is 0.00339. The van der Waals surface area contributed by atoms with E-state index < -0.39 is 101 Å². The summed E-state index contributed by atoms with van der Waals surface area (Å²) >= 11 is 0. The molecule has 15 heteroatoms. The fourth-order valence-electron chi connectivity index (χ4n) is 8.80. The Morgan fingerprint density at radius 2 is 1.73 bits per heavy atom. The van der Waals surface area contributed by atoms with Crippen LogP contribution in [0.1, 0.15) is 69.6 Å². The van der Waals surface area contributed by atoms with Gasteiger partial charge in [-0.2, -0.15) is 0 Å². The second-order valence-corrected chi connectivity index (χ2v) is 14.8. The molecular weight excluding hydrogens is 682 g/mol. The Hall–Kier alpha value is -4.12. The molecule has 2 bridgehead atoms. The van der Waals surface area contributed by atoms with E-state index >= 15 is 0 Å². The highest BCUT2D eigenvalue weighted by atomic mass is 16.6. The average Bonchev–Trinajstić information content (AvgIpc) is 3.64. The molecule has 0 unspecified atom stereocenters. The number of carbonyl (C=O) groups is 4. The van der Waals surface area contributed by atoms with Crippen LogP contribution in [-0.2, 0) is 28.5 Å². The maximum absolute atomic E-state index is 14.6. The molecule has 1 amide bonds. The van der Waals surface area contributed by atoms with Crippen LogP contribution in [0.15, 0.2) is 64.3 Å². The van der Waals surface area contributed by atoms with E-state index in [-0.39, 0.29) is 42.1 Å². The molecule has 4 aliphatic rings. The van der Waals surface area contributed by atoms with Gasteiger partial charge in [0.15, 0.2) is 11.9 Å². The summed E-state index contributed by atoms with van der Waals surface area (Å²) in [5, 5.41) is 62.5. The Morgan fingerprint density at radius 1 is 1.04 bits per heavy atom. The highest BCUT2D eigenvalue weighted by Crippen LogP contribution is 2.63. The summed E-state index contributed by atoms with van der Waals surface area (Å²) in [6, 6.07) is 9.27. The maximum atomic E-state index is 14.6. The van der Waals surface area contributed by atoms with Gasteiger partial charge in [0.05, 0.1) is 42.7 Å². The summed E-state index contributed by atoms with van der Waals surface area (Å²) in [7, 11) is 0. The minimum Gasteiger partial charge on any atom is -0.467 e. The Balaban J connectivity index is 1.46. The van der Waals surface area contributed by atoms with Crippen molar-refractivity contribution in [3.05, 3.63) is 71.2 Å². The smallest absolute Gasteiger partial charge is 0.407 e. The third kappa shape index (κ3) is 5.65. The van der Waals surface area contributed by atoms with Crippen molar-refractivity contribution in [3.8, 4) is 0 Å². The predicted octanol–water partition coefficient (Wildman–Crippen LogP) is 1.50. The van der Waals surface area contributed by atoms with Crippen molar-refractivity contribution in [2.24, 2.45) is 16.7 Å². The van der Waals surface area contributed by atoms with Crippen LogP contribution in [0.3, 0.4) is 0 Å². The zero-order valence-corrected chi connectivity index (χ0v) is 29.5. The van der Waals surface area contributed by atoms with Crippen LogP contribution in [0.5, 0.6) is 0 Å². The monoisotopic (exact) mass is 727 g/mol. The third-order valence-corrected chi connectivity index (χ3v) is 11.8. The predicted molar refractivity (Wildman–Crippen MR) is 177 cm³/mol. The van der Waals surface area contributed by atoms with E-state index in [0.29, 0.717) is 0 Å². The highest BCUT2D eigenvalue weighted by molar-refractivity contribution is 5.94. The van der Waals surface area contributed by atoms with Crippen LogP contribution >= 0.6 is 0 Å². The van der Waals surface area contributed by atoms with Gasteiger partial charge in [-0.05, 0) is 56.2 Å². The molecule has 6 N–H and O–H groups in total. The van der Waals surface area contributed by atoms with E-state index in [0.717, 1.165) is 0 Å². The summed E-state index contributed by atoms with van der Waals surface area (Å²) < 4.78 is 27.9. The van der Waals surface area contributed by atoms with E-state index in [4.69, 9.17) is 23.4 Å². The Kier molecular flexibility index (Phi) is 9.68. The summed E-state index contributed by atoms with van der Waals surface area (Å²) in [6.07, 6.45) is -10.1. The number of ether oxygens (including phenoxy) is 4. The normalized spacial score (nSPS) is 36.1. The Bertz CT molecular complexity index is 1740. The van der Waals surface area contributed by atoms with Gasteiger partial charge in [0.1, 0.15) is 41.3 Å². The Morgan fingerprint density at radius 3 is 2.33 bits per heavy atom. The van der Waals surface area contributed by atoms with Crippen molar-refractivity contribution in [1.82, 2.24) is 5.32 Å². The quantitative estimate of drug-likeness (QED) is 0.129. The van der Waals surface area contributed by atoms with Gasteiger partial charge >= 0.3 is 18.0 Å². The van der Waals surface area contributed by atoms with Crippen molar-refractivity contribution in [3.63, 3.8) is 0 Å². The number of benzene rings is 1. The van der Waals surface area contributed by atoms with Crippen LogP contribution < -0.4 is 5.32 Å². The number of hydrogen-bond acceptors (Lipinski definition) is 14. The van der Waals surface area contributed by atoms with Gasteiger partial charge in [-0.1, -0.05) is 32.0 Å². The molecule has 3 fully saturated rings. The standard InChI is InChI=1S/C37H45NO14/c1-6-48-33(45)38-25(20-13-10-14-49-20)27(41)32(44)51-21-16-37(47)30(52-31(43)19-11-8-7-9-12-19)28-35(5,22(39)15-23-36(28,46)17-50-23)29(42)26(40)24(18(21)2)34(37,3)4/h7-14,21-23,25-28,30,39-41,46-47H,6,15-17H2,1-5H3,(H,38,45)/t21-,22-,23+,25-,26+,27+,28-,30-,35+,36-,37+/m0/s1. The number of amides is 1. The van der Waals surface area contributed by atoms with Crippen LogP contribution in [0.25, 0.3) is 0 Å². The lowest BCUT2D eigenvalue weighted by Crippen LogP contribution is -2.81. The zero-order valence-electron chi connectivity index (χ0n) is 29.5. The zero-order chi connectivity index (χ0) is 38.0. The minimum atomic E-state index is -2.31. The lowest BCUT2D eigenvalue weighted by atomic mass is 9.44. The number of furan rings is 1. The molecule has 52 heavy (non-hydrogen) atoms. The maximum Gasteiger partial charge on any atom is 0.407 e. The molecule has 15 nitrogen and oxygen atoms in total. The molecule has 282 valence electrons. The summed E-state index contributed by atoms with van der Waals surface area (Å²) in [5.41, 5.74) is -7.59. The number of Topliss-reactive ketones (excluding diaryl/α,β-unsaturated/α-hetero) is 1.